The SMILES string of the molecule is O=C(Nc1ccc(C#CCCO)cc1)c1ccccc1F. The number of nitrogens with one attached hydrogen (secondary N) is 1. The zero-order valence-corrected chi connectivity index (χ0v) is 11.3. The molecule has 0 spiro atoms. The molecule has 2 N–H and O–H groups in total. The van der Waals surface area contributed by atoms with Crippen molar-refractivity contribution in [2.45, 2.75) is 6.42 Å². The predicted molar refractivity (Wildman–Crippen MR) is 79.4 cm³/mol. The first-order valence-electron chi connectivity index (χ1n) is 6.46. The zero-order valence-electron chi connectivity index (χ0n) is 11.3. The molecule has 0 saturated carbocycles. The lowest BCUT2D eigenvalue weighted by Gasteiger charge is -2.06. The molecule has 0 unspecified atom stereocenters. The highest BCUT2D eigenvalue weighted by Crippen LogP contribution is 2.12. The smallest absolute Gasteiger partial charge is 0.258 e. The Kier molecular flexibility index (Phi) is 5.08. The van der Waals surface area contributed by atoms with Gasteiger partial charge in [0.15, 0.2) is 0 Å². The van der Waals surface area contributed by atoms with E-state index in [1.807, 2.05) is 0 Å². The first kappa shape index (κ1) is 14.8. The number of carbonyl (C=O) groups is 1. The van der Waals surface area contributed by atoms with E-state index in [9.17, 15) is 9.18 Å². The highest BCUT2D eigenvalue weighted by molar-refractivity contribution is 6.04. The highest BCUT2D eigenvalue weighted by Gasteiger charge is 2.10. The standard InChI is InChI=1S/C17H14FNO2/c18-16-7-2-1-6-15(16)17(21)19-14-10-8-13(9-11-14)5-3-4-12-20/h1-2,6-11,20H,4,12H2,(H,19,21). The van der Waals surface area contributed by atoms with Crippen LogP contribution in [0.2, 0.25) is 0 Å². The van der Waals surface area contributed by atoms with Gasteiger partial charge in [-0.15, -0.1) is 0 Å². The number of amides is 1. The fraction of sp³-hybridized carbons (Fsp3) is 0.118. The van der Waals surface area contributed by atoms with Gasteiger partial charge in [0.2, 0.25) is 0 Å². The second-order valence-corrected chi connectivity index (χ2v) is 4.29. The second kappa shape index (κ2) is 7.22. The lowest BCUT2D eigenvalue weighted by molar-refractivity contribution is 0.102. The Labute approximate surface area is 122 Å². The number of hydrogen-bond acceptors (Lipinski definition) is 2. The number of aliphatic hydroxyl groups is 1. The van der Waals surface area contributed by atoms with Gasteiger partial charge in [-0.05, 0) is 36.4 Å². The molecule has 0 heterocycles. The molecule has 2 rings (SSSR count). The van der Waals surface area contributed by atoms with Crippen LogP contribution in [0.1, 0.15) is 22.3 Å². The summed E-state index contributed by atoms with van der Waals surface area (Å²) in [6.07, 6.45) is 0.422. The molecule has 0 aliphatic heterocycles. The summed E-state index contributed by atoms with van der Waals surface area (Å²) < 4.78 is 13.5. The number of halogens is 1. The van der Waals surface area contributed by atoms with Gasteiger partial charge in [-0.1, -0.05) is 24.0 Å². The Bertz CT molecular complexity index is 684. The molecule has 0 atom stereocenters. The maximum Gasteiger partial charge on any atom is 0.258 e. The Morgan fingerprint density at radius 3 is 2.52 bits per heavy atom. The van der Waals surface area contributed by atoms with Crippen LogP contribution in [-0.2, 0) is 0 Å². The molecule has 2 aromatic rings. The van der Waals surface area contributed by atoms with Crippen LogP contribution in [0.4, 0.5) is 10.1 Å². The molecule has 0 fully saturated rings. The van der Waals surface area contributed by atoms with Crippen LogP contribution in [0.15, 0.2) is 48.5 Å². The molecule has 3 nitrogen and oxygen atoms in total. The van der Waals surface area contributed by atoms with Crippen LogP contribution in [0.3, 0.4) is 0 Å². The van der Waals surface area contributed by atoms with E-state index in [1.54, 1.807) is 30.3 Å². The Morgan fingerprint density at radius 2 is 1.86 bits per heavy atom. The summed E-state index contributed by atoms with van der Waals surface area (Å²) in [4.78, 5) is 11.9. The van der Waals surface area contributed by atoms with Gasteiger partial charge >= 0.3 is 0 Å². The molecular weight excluding hydrogens is 269 g/mol. The molecule has 21 heavy (non-hydrogen) atoms. The Hall–Kier alpha value is -2.64. The summed E-state index contributed by atoms with van der Waals surface area (Å²) in [5.74, 6) is 4.64. The quantitative estimate of drug-likeness (QED) is 0.851. The van der Waals surface area contributed by atoms with Gasteiger partial charge in [0.1, 0.15) is 5.82 Å². The number of hydrogen-bond donors (Lipinski definition) is 2. The van der Waals surface area contributed by atoms with Crippen LogP contribution in [0, 0.1) is 17.7 Å². The van der Waals surface area contributed by atoms with Gasteiger partial charge in [0.25, 0.3) is 5.91 Å². The average molecular weight is 283 g/mol. The number of aliphatic hydroxyl groups excluding tert-OH is 1. The van der Waals surface area contributed by atoms with Crippen LogP contribution in [-0.4, -0.2) is 17.6 Å². The fourth-order valence-electron chi connectivity index (χ4n) is 1.70. The summed E-state index contributed by atoms with van der Waals surface area (Å²) >= 11 is 0. The van der Waals surface area contributed by atoms with Crippen molar-refractivity contribution in [3.05, 3.63) is 65.5 Å². The summed E-state index contributed by atoms with van der Waals surface area (Å²) in [5, 5.41) is 11.3. The van der Waals surface area contributed by atoms with E-state index in [-0.39, 0.29) is 12.2 Å². The van der Waals surface area contributed by atoms with E-state index in [4.69, 9.17) is 5.11 Å². The fourth-order valence-corrected chi connectivity index (χ4v) is 1.70. The minimum absolute atomic E-state index is 0.00399. The van der Waals surface area contributed by atoms with Crippen molar-refractivity contribution in [1.29, 1.82) is 0 Å². The number of carbonyl (C=O) groups excluding carboxylic acids is 1. The van der Waals surface area contributed by atoms with Crippen molar-refractivity contribution in [3.63, 3.8) is 0 Å². The van der Waals surface area contributed by atoms with Crippen LogP contribution in [0.5, 0.6) is 0 Å². The van der Waals surface area contributed by atoms with E-state index in [1.165, 1.54) is 18.2 Å². The van der Waals surface area contributed by atoms with Gasteiger partial charge in [-0.3, -0.25) is 4.79 Å². The zero-order chi connectivity index (χ0) is 15.1. The summed E-state index contributed by atoms with van der Waals surface area (Å²) in [5.41, 5.74) is 1.35. The molecule has 0 aliphatic carbocycles. The maximum atomic E-state index is 13.5. The van der Waals surface area contributed by atoms with Crippen molar-refractivity contribution in [2.24, 2.45) is 0 Å². The Balaban J connectivity index is 2.06. The molecule has 0 bridgehead atoms. The van der Waals surface area contributed by atoms with Crippen molar-refractivity contribution >= 4 is 11.6 Å². The molecule has 1 amide bonds. The normalized spacial score (nSPS) is 9.62. The van der Waals surface area contributed by atoms with Crippen molar-refractivity contribution in [3.8, 4) is 11.8 Å². The Morgan fingerprint density at radius 1 is 1.14 bits per heavy atom. The molecule has 0 radical (unpaired) electrons. The maximum absolute atomic E-state index is 13.5. The molecule has 2 aromatic carbocycles. The van der Waals surface area contributed by atoms with Crippen molar-refractivity contribution in [2.75, 3.05) is 11.9 Å². The van der Waals surface area contributed by atoms with Crippen LogP contribution < -0.4 is 5.32 Å². The third-order valence-electron chi connectivity index (χ3n) is 2.73. The second-order valence-electron chi connectivity index (χ2n) is 4.29. The molecule has 106 valence electrons. The predicted octanol–water partition coefficient (Wildman–Crippen LogP) is 2.81. The molecule has 0 saturated heterocycles. The largest absolute Gasteiger partial charge is 0.395 e. The highest BCUT2D eigenvalue weighted by atomic mass is 19.1. The molecule has 4 heteroatoms. The van der Waals surface area contributed by atoms with E-state index >= 15 is 0 Å². The van der Waals surface area contributed by atoms with Gasteiger partial charge in [0, 0.05) is 17.7 Å². The van der Waals surface area contributed by atoms with E-state index < -0.39 is 11.7 Å². The monoisotopic (exact) mass is 283 g/mol. The van der Waals surface area contributed by atoms with Gasteiger partial charge in [0.05, 0.1) is 12.2 Å². The third kappa shape index (κ3) is 4.16. The minimum Gasteiger partial charge on any atom is -0.395 e. The third-order valence-corrected chi connectivity index (χ3v) is 2.73. The van der Waals surface area contributed by atoms with Crippen molar-refractivity contribution < 1.29 is 14.3 Å². The van der Waals surface area contributed by atoms with E-state index in [0.717, 1.165) is 5.56 Å². The topological polar surface area (TPSA) is 49.3 Å². The van der Waals surface area contributed by atoms with Gasteiger partial charge < -0.3 is 10.4 Å². The molecular formula is C17H14FNO2. The number of anilines is 1. The average Bonchev–Trinajstić information content (AvgIpc) is 2.49. The van der Waals surface area contributed by atoms with E-state index in [0.29, 0.717) is 12.1 Å². The lowest BCUT2D eigenvalue weighted by Crippen LogP contribution is -2.13. The van der Waals surface area contributed by atoms with Gasteiger partial charge in [-0.2, -0.15) is 0 Å². The lowest BCUT2D eigenvalue weighted by atomic mass is 10.1. The first-order valence-corrected chi connectivity index (χ1v) is 6.46. The number of rotatable bonds is 3. The molecule has 0 aromatic heterocycles. The number of benzene rings is 2. The van der Waals surface area contributed by atoms with E-state index in [2.05, 4.69) is 17.2 Å². The first-order chi connectivity index (χ1) is 10.2. The van der Waals surface area contributed by atoms with Crippen LogP contribution >= 0.6 is 0 Å². The summed E-state index contributed by atoms with van der Waals surface area (Å²) in [6.45, 7) is 0.0315. The summed E-state index contributed by atoms with van der Waals surface area (Å²) in [6, 6.07) is 12.7. The minimum atomic E-state index is -0.554. The van der Waals surface area contributed by atoms with Crippen molar-refractivity contribution in [1.82, 2.24) is 0 Å². The van der Waals surface area contributed by atoms with Gasteiger partial charge in [-0.25, -0.2) is 4.39 Å². The van der Waals surface area contributed by atoms with Crippen LogP contribution in [0.25, 0.3) is 0 Å². The molecule has 0 aliphatic rings. The summed E-state index contributed by atoms with van der Waals surface area (Å²) in [7, 11) is 0.